The van der Waals surface area contributed by atoms with E-state index in [0.717, 1.165) is 38.3 Å². The van der Waals surface area contributed by atoms with Crippen molar-refractivity contribution < 1.29 is 0 Å². The lowest BCUT2D eigenvalue weighted by Gasteiger charge is -2.32. The average molecular weight is 351 g/mol. The van der Waals surface area contributed by atoms with E-state index < -0.39 is 0 Å². The Hall–Kier alpha value is -2.70. The quantitative estimate of drug-likeness (QED) is 0.765. The van der Waals surface area contributed by atoms with E-state index in [1.165, 1.54) is 16.8 Å². The highest BCUT2D eigenvalue weighted by atomic mass is 15.6. The largest absolute Gasteiger partial charge is 0.340 e. The van der Waals surface area contributed by atoms with Crippen LogP contribution in [0.5, 0.6) is 0 Å². The molecule has 136 valence electrons. The topological polar surface area (TPSA) is 75.5 Å². The van der Waals surface area contributed by atoms with Crippen LogP contribution in [0.3, 0.4) is 0 Å². The van der Waals surface area contributed by atoms with Crippen molar-refractivity contribution >= 4 is 5.95 Å². The monoisotopic (exact) mass is 351 g/mol. The van der Waals surface area contributed by atoms with Gasteiger partial charge in [0.05, 0.1) is 12.2 Å². The fraction of sp³-hybridized carbons (Fsp3) is 0.474. The number of aromatic nitrogens is 6. The van der Waals surface area contributed by atoms with Crippen molar-refractivity contribution in [3.05, 3.63) is 53.3 Å². The molecule has 0 spiro atoms. The first-order valence-electron chi connectivity index (χ1n) is 9.37. The van der Waals surface area contributed by atoms with Gasteiger partial charge in [0.2, 0.25) is 5.95 Å². The van der Waals surface area contributed by atoms with E-state index in [9.17, 15) is 0 Å². The first-order valence-corrected chi connectivity index (χ1v) is 9.37. The molecule has 3 aromatic rings. The molecule has 1 aromatic carbocycles. The molecule has 0 saturated carbocycles. The van der Waals surface area contributed by atoms with E-state index >= 15 is 0 Å². The van der Waals surface area contributed by atoms with Gasteiger partial charge in [-0.15, -0.1) is 0 Å². The fourth-order valence-electron chi connectivity index (χ4n) is 3.84. The average Bonchev–Trinajstić information content (AvgIpc) is 3.37. The molecule has 1 N–H and O–H groups in total. The molecule has 7 heteroatoms. The van der Waals surface area contributed by atoms with Crippen LogP contribution in [-0.2, 0) is 6.42 Å². The molecule has 3 heterocycles. The van der Waals surface area contributed by atoms with Crippen molar-refractivity contribution in [2.75, 3.05) is 18.0 Å². The first-order chi connectivity index (χ1) is 12.8. The van der Waals surface area contributed by atoms with Gasteiger partial charge < -0.3 is 4.90 Å². The van der Waals surface area contributed by atoms with Crippen molar-refractivity contribution in [1.82, 2.24) is 30.4 Å². The van der Waals surface area contributed by atoms with Gasteiger partial charge in [-0.05, 0) is 47.7 Å². The third kappa shape index (κ3) is 3.09. The summed E-state index contributed by atoms with van der Waals surface area (Å²) in [6.45, 7) is 6.23. The Morgan fingerprint density at radius 2 is 1.96 bits per heavy atom. The molecule has 1 aliphatic heterocycles. The lowest BCUT2D eigenvalue weighted by molar-refractivity contribution is 0.469. The number of tetrazole rings is 1. The summed E-state index contributed by atoms with van der Waals surface area (Å²) in [5, 5.41) is 20.0. The highest BCUT2D eigenvalue weighted by Crippen LogP contribution is 2.31. The van der Waals surface area contributed by atoms with E-state index in [1.54, 1.807) is 0 Å². The zero-order chi connectivity index (χ0) is 17.9. The Balaban J connectivity index is 1.48. The molecule has 2 aromatic heterocycles. The van der Waals surface area contributed by atoms with Gasteiger partial charge in [-0.2, -0.15) is 5.10 Å². The second-order valence-electron chi connectivity index (χ2n) is 6.93. The van der Waals surface area contributed by atoms with Crippen molar-refractivity contribution in [1.29, 1.82) is 0 Å². The molecule has 1 aliphatic rings. The third-order valence-corrected chi connectivity index (χ3v) is 5.44. The van der Waals surface area contributed by atoms with E-state index in [2.05, 4.69) is 68.7 Å². The summed E-state index contributed by atoms with van der Waals surface area (Å²) < 4.78 is 1.93. The molecule has 0 radical (unpaired) electrons. The molecule has 1 fully saturated rings. The summed E-state index contributed by atoms with van der Waals surface area (Å²) in [5.41, 5.74) is 3.86. The van der Waals surface area contributed by atoms with Crippen LogP contribution < -0.4 is 4.90 Å². The summed E-state index contributed by atoms with van der Waals surface area (Å²) in [6, 6.07) is 10.5. The van der Waals surface area contributed by atoms with Gasteiger partial charge in [-0.1, -0.05) is 42.4 Å². The second-order valence-corrected chi connectivity index (χ2v) is 6.93. The molecule has 7 nitrogen and oxygen atoms in total. The maximum Gasteiger partial charge on any atom is 0.246 e. The number of anilines is 1. The standard InChI is InChI=1S/C19H25N7/c1-3-15-13-20-21-18(15)17-9-11-25(12-10-17)19-22-23-24-26(19)14(2)16-7-5-4-6-8-16/h4-8,13-14,17H,3,9-12H2,1-2H3,(H,20,21)/t14-/m0/s1. The predicted molar refractivity (Wildman–Crippen MR) is 100 cm³/mol. The van der Waals surface area contributed by atoms with E-state index in [4.69, 9.17) is 0 Å². The highest BCUT2D eigenvalue weighted by Gasteiger charge is 2.27. The molecule has 0 unspecified atom stereocenters. The molecule has 4 rings (SSSR count). The Kier molecular flexibility index (Phi) is 4.69. The van der Waals surface area contributed by atoms with Crippen LogP contribution in [0.2, 0.25) is 0 Å². The Morgan fingerprint density at radius 1 is 1.19 bits per heavy atom. The van der Waals surface area contributed by atoms with Crippen LogP contribution in [0.4, 0.5) is 5.95 Å². The molecule has 1 atom stereocenters. The van der Waals surface area contributed by atoms with Crippen molar-refractivity contribution in [3.8, 4) is 0 Å². The number of hydrogen-bond acceptors (Lipinski definition) is 5. The summed E-state index contributed by atoms with van der Waals surface area (Å²) in [4.78, 5) is 2.30. The number of aryl methyl sites for hydroxylation is 1. The Bertz CT molecular complexity index is 830. The first kappa shape index (κ1) is 16.8. The number of nitrogens with one attached hydrogen (secondary N) is 1. The van der Waals surface area contributed by atoms with Crippen LogP contribution >= 0.6 is 0 Å². The van der Waals surface area contributed by atoms with Gasteiger partial charge in [0, 0.05) is 24.7 Å². The van der Waals surface area contributed by atoms with Crippen LogP contribution in [0, 0.1) is 0 Å². The fourth-order valence-corrected chi connectivity index (χ4v) is 3.84. The van der Waals surface area contributed by atoms with Gasteiger partial charge in [0.15, 0.2) is 0 Å². The number of H-pyrrole nitrogens is 1. The number of nitrogens with zero attached hydrogens (tertiary/aromatic N) is 6. The molecule has 0 aliphatic carbocycles. The Morgan fingerprint density at radius 3 is 2.69 bits per heavy atom. The lowest BCUT2D eigenvalue weighted by Crippen LogP contribution is -2.35. The smallest absolute Gasteiger partial charge is 0.246 e. The van der Waals surface area contributed by atoms with Crippen LogP contribution in [0.25, 0.3) is 0 Å². The molecular formula is C19H25N7. The summed E-state index contributed by atoms with van der Waals surface area (Å²) in [7, 11) is 0. The summed E-state index contributed by atoms with van der Waals surface area (Å²) in [5.74, 6) is 1.40. The maximum absolute atomic E-state index is 4.32. The normalized spacial score (nSPS) is 16.8. The van der Waals surface area contributed by atoms with E-state index in [0.29, 0.717) is 5.92 Å². The second kappa shape index (κ2) is 7.27. The third-order valence-electron chi connectivity index (χ3n) is 5.44. The Labute approximate surface area is 153 Å². The maximum atomic E-state index is 4.32. The predicted octanol–water partition coefficient (Wildman–Crippen LogP) is 2.95. The minimum atomic E-state index is 0.109. The number of piperidine rings is 1. The van der Waals surface area contributed by atoms with Crippen LogP contribution in [-0.4, -0.2) is 43.5 Å². The minimum Gasteiger partial charge on any atom is -0.340 e. The zero-order valence-electron chi connectivity index (χ0n) is 15.3. The lowest BCUT2D eigenvalue weighted by atomic mass is 9.91. The molecule has 0 bridgehead atoms. The van der Waals surface area contributed by atoms with Crippen LogP contribution in [0.15, 0.2) is 36.5 Å². The summed E-state index contributed by atoms with van der Waals surface area (Å²) >= 11 is 0. The molecule has 1 saturated heterocycles. The summed E-state index contributed by atoms with van der Waals surface area (Å²) in [6.07, 6.45) is 5.16. The highest BCUT2D eigenvalue weighted by molar-refractivity contribution is 5.33. The van der Waals surface area contributed by atoms with Gasteiger partial charge in [-0.3, -0.25) is 5.10 Å². The SMILES string of the molecule is CCc1cn[nH]c1C1CCN(c2nnnn2[C@@H](C)c2ccccc2)CC1. The van der Waals surface area contributed by atoms with Gasteiger partial charge in [0.25, 0.3) is 0 Å². The van der Waals surface area contributed by atoms with E-state index in [1.807, 2.05) is 16.9 Å². The van der Waals surface area contributed by atoms with E-state index in [-0.39, 0.29) is 6.04 Å². The molecule has 0 amide bonds. The minimum absolute atomic E-state index is 0.109. The number of hydrogen-bond donors (Lipinski definition) is 1. The number of benzene rings is 1. The van der Waals surface area contributed by atoms with Gasteiger partial charge >= 0.3 is 0 Å². The molecule has 26 heavy (non-hydrogen) atoms. The number of aromatic amines is 1. The van der Waals surface area contributed by atoms with Crippen LogP contribution in [0.1, 0.15) is 55.5 Å². The van der Waals surface area contributed by atoms with Crippen molar-refractivity contribution in [3.63, 3.8) is 0 Å². The van der Waals surface area contributed by atoms with Crippen molar-refractivity contribution in [2.45, 2.75) is 45.1 Å². The van der Waals surface area contributed by atoms with Gasteiger partial charge in [-0.25, -0.2) is 4.68 Å². The van der Waals surface area contributed by atoms with Crippen molar-refractivity contribution in [2.24, 2.45) is 0 Å². The number of rotatable bonds is 5. The molecular weight excluding hydrogens is 326 g/mol. The zero-order valence-corrected chi connectivity index (χ0v) is 15.3. The van der Waals surface area contributed by atoms with Gasteiger partial charge in [0.1, 0.15) is 0 Å².